The first kappa shape index (κ1) is 23.3. The first-order valence-corrected chi connectivity index (χ1v) is 11.8. The molecule has 9 heteroatoms. The van der Waals surface area contributed by atoms with Crippen molar-refractivity contribution in [2.75, 3.05) is 10.6 Å². The third kappa shape index (κ3) is 5.26. The van der Waals surface area contributed by atoms with Crippen molar-refractivity contribution in [3.63, 3.8) is 0 Å². The fourth-order valence-corrected chi connectivity index (χ4v) is 3.76. The lowest BCUT2D eigenvalue weighted by Crippen LogP contribution is -2.12. The number of aromatic hydroxyl groups is 1. The maximum atomic E-state index is 13.0. The molecule has 0 aliphatic carbocycles. The van der Waals surface area contributed by atoms with Gasteiger partial charge in [0, 0.05) is 21.4 Å². The molecule has 2 aromatic heterocycles. The van der Waals surface area contributed by atoms with E-state index in [2.05, 4.69) is 41.5 Å². The van der Waals surface area contributed by atoms with Crippen molar-refractivity contribution in [3.05, 3.63) is 101 Å². The molecule has 0 aliphatic heterocycles. The van der Waals surface area contributed by atoms with E-state index in [1.165, 1.54) is 18.5 Å². The van der Waals surface area contributed by atoms with E-state index in [1.54, 1.807) is 30.3 Å². The highest BCUT2D eigenvalue weighted by Crippen LogP contribution is 2.34. The maximum absolute atomic E-state index is 13.0. The van der Waals surface area contributed by atoms with Crippen molar-refractivity contribution in [3.8, 4) is 17.2 Å². The topological polar surface area (TPSA) is 109 Å². The van der Waals surface area contributed by atoms with E-state index in [-0.39, 0.29) is 11.7 Å². The van der Waals surface area contributed by atoms with Gasteiger partial charge in [0.05, 0.1) is 11.1 Å². The van der Waals surface area contributed by atoms with Crippen LogP contribution in [-0.4, -0.2) is 26.0 Å². The van der Waals surface area contributed by atoms with Gasteiger partial charge in [0.15, 0.2) is 11.4 Å². The Kier molecular flexibility index (Phi) is 6.46. The van der Waals surface area contributed by atoms with Crippen LogP contribution in [0.15, 0.2) is 89.7 Å². The van der Waals surface area contributed by atoms with Crippen LogP contribution < -0.4 is 15.4 Å². The van der Waals surface area contributed by atoms with Gasteiger partial charge in [0.25, 0.3) is 5.91 Å². The average molecular weight is 542 g/mol. The van der Waals surface area contributed by atoms with Gasteiger partial charge in [-0.1, -0.05) is 15.9 Å². The molecule has 1 amide bonds. The van der Waals surface area contributed by atoms with Crippen LogP contribution in [0.2, 0.25) is 0 Å². The Labute approximate surface area is 215 Å². The maximum Gasteiger partial charge on any atom is 0.255 e. The number of fused-ring (bicyclic) bond motifs is 1. The van der Waals surface area contributed by atoms with Crippen LogP contribution in [-0.2, 0) is 0 Å². The monoisotopic (exact) mass is 541 g/mol. The fraction of sp³-hybridized carbons (Fsp3) is 0.0370. The summed E-state index contributed by atoms with van der Waals surface area (Å²) in [6.07, 6.45) is 1.43. The highest BCUT2D eigenvalue weighted by atomic mass is 79.9. The fourth-order valence-electron chi connectivity index (χ4n) is 3.50. The normalized spacial score (nSPS) is 10.7. The second-order valence-corrected chi connectivity index (χ2v) is 8.85. The smallest absolute Gasteiger partial charge is 0.255 e. The van der Waals surface area contributed by atoms with Crippen molar-refractivity contribution in [1.82, 2.24) is 15.0 Å². The molecule has 0 aliphatic rings. The molecule has 0 spiro atoms. The summed E-state index contributed by atoms with van der Waals surface area (Å²) in [6, 6.07) is 22.6. The van der Waals surface area contributed by atoms with Gasteiger partial charge in [-0.15, -0.1) is 0 Å². The van der Waals surface area contributed by atoms with Crippen molar-refractivity contribution in [2.45, 2.75) is 6.92 Å². The number of hydrogen-bond acceptors (Lipinski definition) is 7. The lowest BCUT2D eigenvalue weighted by Gasteiger charge is -2.15. The van der Waals surface area contributed by atoms with E-state index in [1.807, 2.05) is 43.3 Å². The summed E-state index contributed by atoms with van der Waals surface area (Å²) in [4.78, 5) is 26.1. The standard InChI is InChI=1S/C27H20BrN5O3/c1-16-2-12-22-25(31-16)29-15-30-26(22)33-23-14-17(27(35)32-19-6-4-18(28)5-7-19)3-13-24(23)36-21-10-8-20(34)9-11-21/h2-15,34H,1H3,(H,32,35)(H,29,30,31,33). The van der Waals surface area contributed by atoms with Crippen LogP contribution in [0.25, 0.3) is 11.0 Å². The van der Waals surface area contributed by atoms with Gasteiger partial charge in [-0.3, -0.25) is 4.79 Å². The van der Waals surface area contributed by atoms with Crippen LogP contribution in [0.1, 0.15) is 16.1 Å². The number of carbonyl (C=O) groups is 1. The highest BCUT2D eigenvalue weighted by molar-refractivity contribution is 9.10. The number of aryl methyl sites for hydroxylation is 1. The second-order valence-electron chi connectivity index (χ2n) is 7.94. The Morgan fingerprint density at radius 1 is 0.944 bits per heavy atom. The number of ether oxygens (including phenoxy) is 1. The molecule has 8 nitrogen and oxygen atoms in total. The molecular formula is C27H20BrN5O3. The predicted octanol–water partition coefficient (Wildman–Crippen LogP) is 6.59. The Morgan fingerprint density at radius 3 is 2.50 bits per heavy atom. The molecule has 0 saturated heterocycles. The molecule has 3 aromatic carbocycles. The van der Waals surface area contributed by atoms with Gasteiger partial charge in [-0.2, -0.15) is 0 Å². The molecule has 0 saturated carbocycles. The van der Waals surface area contributed by atoms with Gasteiger partial charge in [0.1, 0.15) is 23.6 Å². The Hall–Kier alpha value is -4.50. The van der Waals surface area contributed by atoms with Gasteiger partial charge < -0.3 is 20.5 Å². The molecule has 5 rings (SSSR count). The zero-order valence-electron chi connectivity index (χ0n) is 19.1. The number of hydrogen-bond donors (Lipinski definition) is 3. The molecule has 2 heterocycles. The average Bonchev–Trinajstić information content (AvgIpc) is 2.87. The number of amides is 1. The van der Waals surface area contributed by atoms with Crippen LogP contribution in [0.3, 0.4) is 0 Å². The van der Waals surface area contributed by atoms with Crippen LogP contribution >= 0.6 is 15.9 Å². The van der Waals surface area contributed by atoms with E-state index in [9.17, 15) is 9.90 Å². The molecular weight excluding hydrogens is 522 g/mol. The molecule has 0 fully saturated rings. The zero-order chi connectivity index (χ0) is 25.1. The van der Waals surface area contributed by atoms with Crippen molar-refractivity contribution in [1.29, 1.82) is 0 Å². The summed E-state index contributed by atoms with van der Waals surface area (Å²) >= 11 is 3.39. The largest absolute Gasteiger partial charge is 0.508 e. The molecule has 0 unspecified atom stereocenters. The Balaban J connectivity index is 1.51. The Morgan fingerprint density at radius 2 is 1.72 bits per heavy atom. The quantitative estimate of drug-likeness (QED) is 0.222. The van der Waals surface area contributed by atoms with Crippen LogP contribution in [0.5, 0.6) is 17.2 Å². The van der Waals surface area contributed by atoms with E-state index >= 15 is 0 Å². The molecule has 5 aromatic rings. The summed E-state index contributed by atoms with van der Waals surface area (Å²) in [6.45, 7) is 1.89. The number of halogens is 1. The van der Waals surface area contributed by atoms with Crippen molar-refractivity contribution < 1.29 is 14.6 Å². The third-order valence-electron chi connectivity index (χ3n) is 5.30. The van der Waals surface area contributed by atoms with Crippen molar-refractivity contribution in [2.24, 2.45) is 0 Å². The number of carbonyl (C=O) groups excluding carboxylic acids is 1. The third-order valence-corrected chi connectivity index (χ3v) is 5.83. The summed E-state index contributed by atoms with van der Waals surface area (Å²) in [7, 11) is 0. The number of rotatable bonds is 6. The minimum absolute atomic E-state index is 0.135. The van der Waals surface area contributed by atoms with Gasteiger partial charge in [-0.25, -0.2) is 15.0 Å². The molecule has 3 N–H and O–H groups in total. The minimum atomic E-state index is -0.276. The SMILES string of the molecule is Cc1ccc2c(Nc3cc(C(=O)Nc4ccc(Br)cc4)ccc3Oc3ccc(O)cc3)ncnc2n1. The second kappa shape index (κ2) is 10.0. The van der Waals surface area contributed by atoms with Crippen LogP contribution in [0, 0.1) is 6.92 Å². The summed E-state index contributed by atoms with van der Waals surface area (Å²) < 4.78 is 6.99. The van der Waals surface area contributed by atoms with E-state index < -0.39 is 0 Å². The van der Waals surface area contributed by atoms with Crippen molar-refractivity contribution >= 4 is 50.1 Å². The summed E-state index contributed by atoms with van der Waals surface area (Å²) in [5.74, 6) is 1.37. The first-order chi connectivity index (χ1) is 17.4. The predicted molar refractivity (Wildman–Crippen MR) is 142 cm³/mol. The number of phenols is 1. The number of pyridine rings is 1. The first-order valence-electron chi connectivity index (χ1n) is 11.0. The van der Waals surface area contributed by atoms with Gasteiger partial charge >= 0.3 is 0 Å². The van der Waals surface area contributed by atoms with E-state index in [0.29, 0.717) is 39.9 Å². The lowest BCUT2D eigenvalue weighted by atomic mass is 10.1. The van der Waals surface area contributed by atoms with Gasteiger partial charge in [0.2, 0.25) is 0 Å². The molecule has 36 heavy (non-hydrogen) atoms. The van der Waals surface area contributed by atoms with Crippen LogP contribution in [0.4, 0.5) is 17.2 Å². The number of anilines is 3. The number of phenolic OH excluding ortho intramolecular Hbond substituents is 1. The lowest BCUT2D eigenvalue weighted by molar-refractivity contribution is 0.102. The molecule has 0 radical (unpaired) electrons. The zero-order valence-corrected chi connectivity index (χ0v) is 20.7. The van der Waals surface area contributed by atoms with Gasteiger partial charge in [-0.05, 0) is 85.8 Å². The molecule has 178 valence electrons. The summed E-state index contributed by atoms with van der Waals surface area (Å²) in [5, 5.41) is 16.5. The van der Waals surface area contributed by atoms with E-state index in [4.69, 9.17) is 4.74 Å². The number of aromatic nitrogens is 3. The number of nitrogens with one attached hydrogen (secondary N) is 2. The number of nitrogens with zero attached hydrogens (tertiary/aromatic N) is 3. The van der Waals surface area contributed by atoms with E-state index in [0.717, 1.165) is 15.6 Å². The highest BCUT2D eigenvalue weighted by Gasteiger charge is 2.15. The minimum Gasteiger partial charge on any atom is -0.508 e. The number of benzene rings is 3. The molecule has 0 bridgehead atoms. The Bertz CT molecular complexity index is 1560. The molecule has 0 atom stereocenters. The summed E-state index contributed by atoms with van der Waals surface area (Å²) in [5.41, 5.74) is 3.01.